The number of hydrogen-bond acceptors (Lipinski definition) is 3. The molecule has 0 aromatic carbocycles. The Bertz CT molecular complexity index is 114. The molecule has 0 fully saturated rings. The van der Waals surface area contributed by atoms with Crippen molar-refractivity contribution in [1.29, 1.82) is 0 Å². The molecule has 10 heavy (non-hydrogen) atoms. The lowest BCUT2D eigenvalue weighted by atomic mass is 10.2. The second-order valence-corrected chi connectivity index (χ2v) is 2.21. The highest BCUT2D eigenvalue weighted by Crippen LogP contribution is 1.89. The van der Waals surface area contributed by atoms with Crippen molar-refractivity contribution < 1.29 is 9.90 Å². The fraction of sp³-hybridized carbons (Fsp3) is 0.833. The Morgan fingerprint density at radius 3 is 2.40 bits per heavy atom. The highest BCUT2D eigenvalue weighted by molar-refractivity contribution is 5.79. The lowest BCUT2D eigenvalue weighted by molar-refractivity contribution is -0.120. The first kappa shape index (κ1) is 9.39. The molecule has 0 aromatic heterocycles. The molecule has 0 rings (SSSR count). The van der Waals surface area contributed by atoms with Gasteiger partial charge in [-0.1, -0.05) is 6.92 Å². The van der Waals surface area contributed by atoms with Gasteiger partial charge in [-0.2, -0.15) is 0 Å². The summed E-state index contributed by atoms with van der Waals surface area (Å²) in [5.41, 5.74) is 4.98. The van der Waals surface area contributed by atoms with Crippen molar-refractivity contribution in [2.75, 3.05) is 0 Å². The van der Waals surface area contributed by atoms with Crippen molar-refractivity contribution in [2.24, 2.45) is 5.73 Å². The molecular weight excluding hydrogens is 132 g/mol. The summed E-state index contributed by atoms with van der Waals surface area (Å²) >= 11 is 0. The third-order valence-electron chi connectivity index (χ3n) is 1.19. The highest BCUT2D eigenvalue weighted by Gasteiger charge is 2.12. The van der Waals surface area contributed by atoms with E-state index in [2.05, 4.69) is 5.32 Å². The van der Waals surface area contributed by atoms with Gasteiger partial charge in [-0.05, 0) is 13.3 Å². The second kappa shape index (κ2) is 4.24. The van der Waals surface area contributed by atoms with Gasteiger partial charge in [-0.25, -0.2) is 0 Å². The van der Waals surface area contributed by atoms with Gasteiger partial charge in [-0.3, -0.25) is 10.1 Å². The number of nitrogens with one attached hydrogen (secondary N) is 1. The standard InChI is InChI=1S/C6H14N2O2/c1-3-5(6(7)10)8-4(2)9/h4-5,8-9H,3H2,1-2H3,(H2,7,10). The Labute approximate surface area is 60.4 Å². The Balaban J connectivity index is 3.72. The SMILES string of the molecule is CCC(NC(C)O)C(N)=O. The monoisotopic (exact) mass is 146 g/mol. The van der Waals surface area contributed by atoms with Crippen LogP contribution in [0.3, 0.4) is 0 Å². The number of nitrogens with two attached hydrogens (primary N) is 1. The number of primary amides is 1. The van der Waals surface area contributed by atoms with Crippen LogP contribution in [0.2, 0.25) is 0 Å². The third kappa shape index (κ3) is 3.42. The molecule has 2 atom stereocenters. The van der Waals surface area contributed by atoms with Crippen molar-refractivity contribution in [1.82, 2.24) is 5.32 Å². The maximum absolute atomic E-state index is 10.5. The summed E-state index contributed by atoms with van der Waals surface area (Å²) in [6, 6.07) is -0.417. The average molecular weight is 146 g/mol. The summed E-state index contributed by atoms with van der Waals surface area (Å²) in [6.07, 6.45) is -0.0855. The van der Waals surface area contributed by atoms with Crippen molar-refractivity contribution in [2.45, 2.75) is 32.5 Å². The summed E-state index contributed by atoms with van der Waals surface area (Å²) in [5, 5.41) is 11.4. The summed E-state index contributed by atoms with van der Waals surface area (Å²) in [6.45, 7) is 3.37. The molecule has 0 heterocycles. The molecule has 0 aliphatic heterocycles. The molecule has 0 spiro atoms. The fourth-order valence-electron chi connectivity index (χ4n) is 0.692. The van der Waals surface area contributed by atoms with Gasteiger partial charge in [0.1, 0.15) is 6.23 Å². The van der Waals surface area contributed by atoms with Crippen molar-refractivity contribution >= 4 is 5.91 Å². The van der Waals surface area contributed by atoms with Gasteiger partial charge in [0, 0.05) is 0 Å². The van der Waals surface area contributed by atoms with Gasteiger partial charge in [0.25, 0.3) is 0 Å². The number of hydrogen-bond donors (Lipinski definition) is 3. The number of rotatable bonds is 4. The molecule has 1 amide bonds. The number of carbonyl (C=O) groups is 1. The first-order valence-corrected chi connectivity index (χ1v) is 3.31. The van der Waals surface area contributed by atoms with E-state index in [0.717, 1.165) is 0 Å². The fourth-order valence-corrected chi connectivity index (χ4v) is 0.692. The van der Waals surface area contributed by atoms with Crippen LogP contribution >= 0.6 is 0 Å². The van der Waals surface area contributed by atoms with Crippen LogP contribution < -0.4 is 11.1 Å². The van der Waals surface area contributed by atoms with Gasteiger partial charge >= 0.3 is 0 Å². The van der Waals surface area contributed by atoms with E-state index < -0.39 is 18.2 Å². The Morgan fingerprint density at radius 1 is 1.80 bits per heavy atom. The van der Waals surface area contributed by atoms with E-state index >= 15 is 0 Å². The summed E-state index contributed by atoms with van der Waals surface area (Å²) in [7, 11) is 0. The predicted octanol–water partition coefficient (Wildman–Crippen LogP) is -0.822. The lowest BCUT2D eigenvalue weighted by Crippen LogP contribution is -2.44. The van der Waals surface area contributed by atoms with Crippen molar-refractivity contribution in [3.63, 3.8) is 0 Å². The molecule has 0 radical (unpaired) electrons. The molecule has 4 heteroatoms. The number of aliphatic hydroxyl groups excluding tert-OH is 1. The second-order valence-electron chi connectivity index (χ2n) is 2.21. The Hall–Kier alpha value is -0.610. The normalized spacial score (nSPS) is 16.3. The number of amides is 1. The molecule has 0 bridgehead atoms. The molecule has 0 saturated heterocycles. The van der Waals surface area contributed by atoms with Gasteiger partial charge in [-0.15, -0.1) is 0 Å². The van der Waals surface area contributed by atoms with E-state index in [1.54, 1.807) is 6.92 Å². The highest BCUT2D eigenvalue weighted by atomic mass is 16.3. The molecule has 60 valence electrons. The first-order valence-electron chi connectivity index (χ1n) is 3.31. The van der Waals surface area contributed by atoms with Crippen LogP contribution in [0.4, 0.5) is 0 Å². The molecule has 0 saturated carbocycles. The first-order chi connectivity index (χ1) is 4.57. The topological polar surface area (TPSA) is 75.3 Å². The van der Waals surface area contributed by atoms with E-state index in [-0.39, 0.29) is 0 Å². The summed E-state index contributed by atoms with van der Waals surface area (Å²) < 4.78 is 0. The smallest absolute Gasteiger partial charge is 0.234 e. The van der Waals surface area contributed by atoms with E-state index in [0.29, 0.717) is 6.42 Å². The van der Waals surface area contributed by atoms with Gasteiger partial charge in [0.2, 0.25) is 5.91 Å². The average Bonchev–Trinajstić information content (AvgIpc) is 1.81. The van der Waals surface area contributed by atoms with E-state index in [1.165, 1.54) is 0 Å². The van der Waals surface area contributed by atoms with Crippen LogP contribution in [0, 0.1) is 0 Å². The molecule has 0 aromatic rings. The summed E-state index contributed by atoms with van der Waals surface area (Å²) in [5.74, 6) is -0.427. The minimum atomic E-state index is -0.683. The Morgan fingerprint density at radius 2 is 2.30 bits per heavy atom. The summed E-state index contributed by atoms with van der Waals surface area (Å²) in [4.78, 5) is 10.5. The maximum Gasteiger partial charge on any atom is 0.234 e. The van der Waals surface area contributed by atoms with Crippen LogP contribution in [0.25, 0.3) is 0 Å². The van der Waals surface area contributed by atoms with Gasteiger partial charge in [0.15, 0.2) is 0 Å². The molecule has 4 N–H and O–H groups in total. The van der Waals surface area contributed by atoms with Crippen molar-refractivity contribution in [3.05, 3.63) is 0 Å². The largest absolute Gasteiger partial charge is 0.379 e. The van der Waals surface area contributed by atoms with E-state index in [9.17, 15) is 4.79 Å². The van der Waals surface area contributed by atoms with Crippen LogP contribution in [-0.4, -0.2) is 23.3 Å². The van der Waals surface area contributed by atoms with Crippen LogP contribution in [-0.2, 0) is 4.79 Å². The minimum Gasteiger partial charge on any atom is -0.379 e. The number of carbonyl (C=O) groups excluding carboxylic acids is 1. The zero-order valence-electron chi connectivity index (χ0n) is 6.29. The zero-order valence-corrected chi connectivity index (χ0v) is 6.29. The van der Waals surface area contributed by atoms with Gasteiger partial charge in [0.05, 0.1) is 6.04 Å². The van der Waals surface area contributed by atoms with Crippen LogP contribution in [0.5, 0.6) is 0 Å². The third-order valence-corrected chi connectivity index (χ3v) is 1.19. The Kier molecular flexibility index (Phi) is 3.99. The van der Waals surface area contributed by atoms with Crippen molar-refractivity contribution in [3.8, 4) is 0 Å². The molecule has 0 aliphatic carbocycles. The molecular formula is C6H14N2O2. The van der Waals surface area contributed by atoms with Gasteiger partial charge < -0.3 is 10.8 Å². The molecule has 2 unspecified atom stereocenters. The minimum absolute atomic E-state index is 0.417. The number of aliphatic hydroxyl groups is 1. The van der Waals surface area contributed by atoms with E-state index in [1.807, 2.05) is 6.92 Å². The maximum atomic E-state index is 10.5. The van der Waals surface area contributed by atoms with Crippen LogP contribution in [0.1, 0.15) is 20.3 Å². The molecule has 4 nitrogen and oxygen atoms in total. The zero-order chi connectivity index (χ0) is 8.15. The van der Waals surface area contributed by atoms with Crippen LogP contribution in [0.15, 0.2) is 0 Å². The predicted molar refractivity (Wildman–Crippen MR) is 38.1 cm³/mol. The molecule has 0 aliphatic rings. The lowest BCUT2D eigenvalue weighted by Gasteiger charge is -2.14. The van der Waals surface area contributed by atoms with E-state index in [4.69, 9.17) is 10.8 Å². The quantitative estimate of drug-likeness (QED) is 0.453.